The van der Waals surface area contributed by atoms with E-state index in [0.29, 0.717) is 0 Å². The Kier molecular flexibility index (Phi) is 3.67. The monoisotopic (exact) mass is 220 g/mol. The Labute approximate surface area is 95.2 Å². The van der Waals surface area contributed by atoms with Crippen molar-refractivity contribution in [2.75, 3.05) is 17.6 Å². The lowest BCUT2D eigenvalue weighted by Gasteiger charge is -2.15. The molecule has 3 heteroatoms. The highest BCUT2D eigenvalue weighted by molar-refractivity contribution is 8.14. The van der Waals surface area contributed by atoms with E-state index in [1.807, 2.05) is 11.8 Å². The van der Waals surface area contributed by atoms with E-state index >= 15 is 0 Å². The summed E-state index contributed by atoms with van der Waals surface area (Å²) in [6.07, 6.45) is 2.26. The average molecular weight is 220 g/mol. The molecule has 0 atom stereocenters. The van der Waals surface area contributed by atoms with Crippen LogP contribution in [0.4, 0.5) is 5.69 Å². The number of rotatable bonds is 2. The number of aryl methyl sites for hydroxylation is 1. The molecule has 80 valence electrons. The molecule has 1 aliphatic heterocycles. The standard InChI is InChI=1S/C12H16N2S/c1-2-10-6-3-4-7-11(10)14-12-13-8-5-9-15-12/h3-4,6-7H,2,5,8-9H2,1H3,(H,13,14). The first-order valence-electron chi connectivity index (χ1n) is 5.42. The Morgan fingerprint density at radius 3 is 3.00 bits per heavy atom. The lowest BCUT2D eigenvalue weighted by Crippen LogP contribution is -2.14. The topological polar surface area (TPSA) is 24.4 Å². The first kappa shape index (κ1) is 10.6. The van der Waals surface area contributed by atoms with Crippen LogP contribution < -0.4 is 5.32 Å². The molecule has 1 aromatic carbocycles. The van der Waals surface area contributed by atoms with Crippen molar-refractivity contribution in [3.05, 3.63) is 29.8 Å². The summed E-state index contributed by atoms with van der Waals surface area (Å²) >= 11 is 1.82. The van der Waals surface area contributed by atoms with Crippen LogP contribution in [0, 0.1) is 0 Å². The van der Waals surface area contributed by atoms with Crippen molar-refractivity contribution in [2.45, 2.75) is 19.8 Å². The van der Waals surface area contributed by atoms with Gasteiger partial charge in [-0.25, -0.2) is 0 Å². The predicted octanol–water partition coefficient (Wildman–Crippen LogP) is 3.15. The minimum atomic E-state index is 0.962. The van der Waals surface area contributed by atoms with E-state index in [9.17, 15) is 0 Å². The van der Waals surface area contributed by atoms with Crippen molar-refractivity contribution in [3.8, 4) is 0 Å². The number of aliphatic imine (C=N–C) groups is 1. The maximum atomic E-state index is 4.47. The number of benzene rings is 1. The summed E-state index contributed by atoms with van der Waals surface area (Å²) in [6.45, 7) is 3.14. The van der Waals surface area contributed by atoms with Gasteiger partial charge in [0.25, 0.3) is 0 Å². The second kappa shape index (κ2) is 5.21. The molecular weight excluding hydrogens is 204 g/mol. The lowest BCUT2D eigenvalue weighted by molar-refractivity contribution is 0.938. The predicted molar refractivity (Wildman–Crippen MR) is 68.8 cm³/mol. The van der Waals surface area contributed by atoms with Crippen LogP contribution in [0.2, 0.25) is 0 Å². The highest BCUT2D eigenvalue weighted by atomic mass is 32.2. The van der Waals surface area contributed by atoms with Gasteiger partial charge in [-0.05, 0) is 24.5 Å². The second-order valence-electron chi connectivity index (χ2n) is 3.52. The molecule has 1 N–H and O–H groups in total. The quantitative estimate of drug-likeness (QED) is 0.828. The van der Waals surface area contributed by atoms with Gasteiger partial charge in [-0.2, -0.15) is 0 Å². The Morgan fingerprint density at radius 2 is 2.27 bits per heavy atom. The fourth-order valence-corrected chi connectivity index (χ4v) is 2.43. The van der Waals surface area contributed by atoms with Crippen LogP contribution >= 0.6 is 11.8 Å². The molecule has 0 aromatic heterocycles. The summed E-state index contributed by atoms with van der Waals surface area (Å²) in [4.78, 5) is 4.47. The van der Waals surface area contributed by atoms with Crippen molar-refractivity contribution >= 4 is 22.6 Å². The highest BCUT2D eigenvalue weighted by Gasteiger charge is 2.07. The molecule has 0 bridgehead atoms. The molecule has 0 unspecified atom stereocenters. The number of hydrogen-bond donors (Lipinski definition) is 1. The van der Waals surface area contributed by atoms with Crippen molar-refractivity contribution < 1.29 is 0 Å². The van der Waals surface area contributed by atoms with Crippen LogP contribution in [0.25, 0.3) is 0 Å². The third-order valence-corrected chi connectivity index (χ3v) is 3.43. The number of nitrogens with zero attached hydrogens (tertiary/aromatic N) is 1. The smallest absolute Gasteiger partial charge is 0.161 e. The molecule has 0 saturated carbocycles. The fourth-order valence-electron chi connectivity index (χ4n) is 1.60. The molecular formula is C12H16N2S. The van der Waals surface area contributed by atoms with Crippen molar-refractivity contribution in [1.82, 2.24) is 0 Å². The Balaban J connectivity index is 2.12. The zero-order chi connectivity index (χ0) is 10.5. The van der Waals surface area contributed by atoms with Crippen LogP contribution in [0.3, 0.4) is 0 Å². The van der Waals surface area contributed by atoms with E-state index in [4.69, 9.17) is 0 Å². The van der Waals surface area contributed by atoms with E-state index in [-0.39, 0.29) is 0 Å². The van der Waals surface area contributed by atoms with Gasteiger partial charge in [0, 0.05) is 18.0 Å². The van der Waals surface area contributed by atoms with Gasteiger partial charge in [0.15, 0.2) is 5.17 Å². The molecule has 1 aromatic rings. The Morgan fingerprint density at radius 1 is 1.40 bits per heavy atom. The Bertz CT molecular complexity index is 360. The number of amidine groups is 1. The molecule has 2 rings (SSSR count). The van der Waals surface area contributed by atoms with E-state index in [1.165, 1.54) is 23.4 Å². The number of thioether (sulfide) groups is 1. The zero-order valence-electron chi connectivity index (χ0n) is 8.99. The molecule has 0 radical (unpaired) electrons. The van der Waals surface area contributed by atoms with Gasteiger partial charge >= 0.3 is 0 Å². The van der Waals surface area contributed by atoms with Crippen molar-refractivity contribution in [1.29, 1.82) is 0 Å². The van der Waals surface area contributed by atoms with Crippen LogP contribution in [0.5, 0.6) is 0 Å². The molecule has 0 amide bonds. The lowest BCUT2D eigenvalue weighted by atomic mass is 10.1. The minimum absolute atomic E-state index is 0.962. The third kappa shape index (κ3) is 2.75. The van der Waals surface area contributed by atoms with Crippen LogP contribution in [-0.4, -0.2) is 17.5 Å². The molecule has 1 aliphatic rings. The second-order valence-corrected chi connectivity index (χ2v) is 4.61. The molecule has 2 nitrogen and oxygen atoms in total. The van der Waals surface area contributed by atoms with Crippen LogP contribution in [0.1, 0.15) is 18.9 Å². The molecule has 0 aliphatic carbocycles. The van der Waals surface area contributed by atoms with E-state index < -0.39 is 0 Å². The summed E-state index contributed by atoms with van der Waals surface area (Å²) in [5.41, 5.74) is 2.56. The molecule has 15 heavy (non-hydrogen) atoms. The normalized spacial score (nSPS) is 15.9. The summed E-state index contributed by atoms with van der Waals surface area (Å²) < 4.78 is 0. The van der Waals surface area contributed by atoms with Crippen molar-refractivity contribution in [2.24, 2.45) is 4.99 Å². The maximum absolute atomic E-state index is 4.47. The zero-order valence-corrected chi connectivity index (χ0v) is 9.81. The molecule has 0 saturated heterocycles. The fraction of sp³-hybridized carbons (Fsp3) is 0.417. The van der Waals surface area contributed by atoms with E-state index in [0.717, 1.165) is 18.1 Å². The molecule has 0 fully saturated rings. The van der Waals surface area contributed by atoms with Gasteiger partial charge in [-0.1, -0.05) is 36.9 Å². The van der Waals surface area contributed by atoms with Gasteiger partial charge in [0.1, 0.15) is 0 Å². The SMILES string of the molecule is CCc1ccccc1NC1=NCCCS1. The third-order valence-electron chi connectivity index (χ3n) is 2.44. The molecule has 1 heterocycles. The van der Waals surface area contributed by atoms with Gasteiger partial charge < -0.3 is 5.32 Å². The number of para-hydroxylation sites is 1. The highest BCUT2D eigenvalue weighted by Crippen LogP contribution is 2.19. The summed E-state index contributed by atoms with van der Waals surface area (Å²) in [5, 5.41) is 4.48. The summed E-state index contributed by atoms with van der Waals surface area (Å²) in [5.74, 6) is 1.18. The average Bonchev–Trinajstić information content (AvgIpc) is 2.31. The van der Waals surface area contributed by atoms with Crippen LogP contribution in [0.15, 0.2) is 29.3 Å². The first-order valence-corrected chi connectivity index (χ1v) is 6.41. The van der Waals surface area contributed by atoms with Crippen LogP contribution in [-0.2, 0) is 6.42 Å². The van der Waals surface area contributed by atoms with Gasteiger partial charge in [0.2, 0.25) is 0 Å². The van der Waals surface area contributed by atoms with Crippen molar-refractivity contribution in [3.63, 3.8) is 0 Å². The number of nitrogens with one attached hydrogen (secondary N) is 1. The van der Waals surface area contributed by atoms with Gasteiger partial charge in [-0.3, -0.25) is 4.99 Å². The summed E-state index contributed by atoms with van der Waals surface area (Å²) in [7, 11) is 0. The Hall–Kier alpha value is -0.960. The molecule has 0 spiro atoms. The number of hydrogen-bond acceptors (Lipinski definition) is 3. The van der Waals surface area contributed by atoms with Gasteiger partial charge in [0.05, 0.1) is 0 Å². The maximum Gasteiger partial charge on any atom is 0.161 e. The minimum Gasteiger partial charge on any atom is -0.335 e. The van der Waals surface area contributed by atoms with E-state index in [1.54, 1.807) is 0 Å². The number of anilines is 1. The first-order chi connectivity index (χ1) is 7.40. The van der Waals surface area contributed by atoms with E-state index in [2.05, 4.69) is 41.5 Å². The summed E-state index contributed by atoms with van der Waals surface area (Å²) in [6, 6.07) is 8.43. The van der Waals surface area contributed by atoms with Gasteiger partial charge in [-0.15, -0.1) is 0 Å². The largest absolute Gasteiger partial charge is 0.335 e.